The van der Waals surface area contributed by atoms with Gasteiger partial charge in [-0.05, 0) is 49.7 Å². The molecule has 0 radical (unpaired) electrons. The summed E-state index contributed by atoms with van der Waals surface area (Å²) in [4.78, 5) is 28.1. The van der Waals surface area contributed by atoms with E-state index in [-0.39, 0.29) is 23.7 Å². The molecule has 2 fully saturated rings. The van der Waals surface area contributed by atoms with Crippen LogP contribution in [-0.4, -0.2) is 11.8 Å². The van der Waals surface area contributed by atoms with Crippen molar-refractivity contribution in [3.63, 3.8) is 0 Å². The van der Waals surface area contributed by atoms with Gasteiger partial charge in [0, 0.05) is 11.1 Å². The van der Waals surface area contributed by atoms with Gasteiger partial charge >= 0.3 is 0 Å². The number of amides is 2. The predicted octanol–water partition coefficient (Wildman–Crippen LogP) is 5.02. The summed E-state index contributed by atoms with van der Waals surface area (Å²) in [6.07, 6.45) is 11.5. The van der Waals surface area contributed by atoms with Crippen LogP contribution in [0.1, 0.15) is 64.2 Å². The first-order chi connectivity index (χ1) is 12.3. The second-order valence-corrected chi connectivity index (χ2v) is 7.78. The first-order valence-corrected chi connectivity index (χ1v) is 9.95. The van der Waals surface area contributed by atoms with E-state index in [1.54, 1.807) is 0 Å². The van der Waals surface area contributed by atoms with Crippen LogP contribution < -0.4 is 4.90 Å². The van der Waals surface area contributed by atoms with Crippen LogP contribution in [0.4, 0.5) is 5.69 Å². The van der Waals surface area contributed by atoms with Gasteiger partial charge in [-0.2, -0.15) is 0 Å². The molecule has 3 heteroatoms. The lowest BCUT2D eigenvalue weighted by atomic mass is 9.76. The van der Waals surface area contributed by atoms with Crippen molar-refractivity contribution >= 4 is 17.5 Å². The number of rotatable bonds is 3. The molecule has 1 aliphatic heterocycles. The Bertz CT molecular complexity index is 639. The van der Waals surface area contributed by atoms with Gasteiger partial charge < -0.3 is 0 Å². The zero-order chi connectivity index (χ0) is 17.2. The van der Waals surface area contributed by atoms with E-state index in [0.29, 0.717) is 0 Å². The van der Waals surface area contributed by atoms with Crippen LogP contribution in [0.5, 0.6) is 0 Å². The van der Waals surface area contributed by atoms with Crippen molar-refractivity contribution in [1.29, 1.82) is 0 Å². The maximum Gasteiger partial charge on any atom is 0.262 e. The largest absolute Gasteiger partial charge is 0.269 e. The van der Waals surface area contributed by atoms with Crippen molar-refractivity contribution in [2.24, 2.45) is 11.8 Å². The van der Waals surface area contributed by atoms with Gasteiger partial charge in [-0.3, -0.25) is 9.59 Å². The summed E-state index contributed by atoms with van der Waals surface area (Å²) in [5.41, 5.74) is 2.47. The Balaban J connectivity index is 1.73. The van der Waals surface area contributed by atoms with Crippen LogP contribution >= 0.6 is 0 Å². The first kappa shape index (κ1) is 16.6. The summed E-state index contributed by atoms with van der Waals surface area (Å²) >= 11 is 0. The minimum absolute atomic E-state index is 0.0383. The number of nitrogens with zero attached hydrogens (tertiary/aromatic N) is 1. The fraction of sp³-hybridized carbons (Fsp3) is 0.545. The maximum atomic E-state index is 13.3. The summed E-state index contributed by atoms with van der Waals surface area (Å²) < 4.78 is 0. The highest BCUT2D eigenvalue weighted by atomic mass is 16.2. The van der Waals surface area contributed by atoms with Gasteiger partial charge in [0.2, 0.25) is 0 Å². The highest BCUT2D eigenvalue weighted by Gasteiger charge is 2.44. The van der Waals surface area contributed by atoms with Crippen molar-refractivity contribution in [3.8, 4) is 0 Å². The zero-order valence-corrected chi connectivity index (χ0v) is 14.9. The van der Waals surface area contributed by atoms with Gasteiger partial charge in [0.05, 0.1) is 5.69 Å². The van der Waals surface area contributed by atoms with Crippen molar-refractivity contribution < 1.29 is 9.59 Å². The molecule has 2 saturated carbocycles. The van der Waals surface area contributed by atoms with Crippen LogP contribution in [0.25, 0.3) is 0 Å². The molecule has 3 nitrogen and oxygen atoms in total. The molecule has 0 N–H and O–H groups in total. The summed E-state index contributed by atoms with van der Waals surface area (Å²) in [7, 11) is 0. The van der Waals surface area contributed by atoms with Gasteiger partial charge in [-0.15, -0.1) is 0 Å². The Morgan fingerprint density at radius 3 is 1.52 bits per heavy atom. The predicted molar refractivity (Wildman–Crippen MR) is 99.1 cm³/mol. The SMILES string of the molecule is O=C1C(C2CCCCC2)=C(C2CCCCC2)C(=O)N1c1ccccc1. The minimum Gasteiger partial charge on any atom is -0.269 e. The number of hydrogen-bond donors (Lipinski definition) is 0. The first-order valence-electron chi connectivity index (χ1n) is 9.95. The summed E-state index contributed by atoms with van der Waals surface area (Å²) in [6.45, 7) is 0. The Kier molecular flexibility index (Phi) is 4.74. The Labute approximate surface area is 150 Å². The van der Waals surface area contributed by atoms with E-state index < -0.39 is 0 Å². The lowest BCUT2D eigenvalue weighted by molar-refractivity contribution is -0.121. The van der Waals surface area contributed by atoms with E-state index >= 15 is 0 Å². The molecule has 2 aliphatic carbocycles. The average molecular weight is 337 g/mol. The van der Waals surface area contributed by atoms with E-state index in [1.807, 2.05) is 30.3 Å². The summed E-state index contributed by atoms with van der Waals surface area (Å²) in [6, 6.07) is 9.46. The fourth-order valence-corrected chi connectivity index (χ4v) is 4.95. The topological polar surface area (TPSA) is 37.4 Å². The van der Waals surface area contributed by atoms with E-state index in [4.69, 9.17) is 0 Å². The molecule has 1 aromatic carbocycles. The van der Waals surface area contributed by atoms with Crippen molar-refractivity contribution in [1.82, 2.24) is 0 Å². The number of hydrogen-bond acceptors (Lipinski definition) is 2. The Morgan fingerprint density at radius 2 is 1.08 bits per heavy atom. The molecule has 0 unspecified atom stereocenters. The molecular weight excluding hydrogens is 310 g/mol. The number of carbonyl (C=O) groups is 2. The molecule has 0 bridgehead atoms. The molecule has 25 heavy (non-hydrogen) atoms. The molecule has 2 amide bonds. The van der Waals surface area contributed by atoms with E-state index in [9.17, 15) is 9.59 Å². The second kappa shape index (κ2) is 7.15. The number of benzene rings is 1. The van der Waals surface area contributed by atoms with Gasteiger partial charge in [-0.25, -0.2) is 4.90 Å². The molecule has 0 saturated heterocycles. The molecule has 0 atom stereocenters. The molecular formula is C22H27NO2. The Hall–Kier alpha value is -1.90. The minimum atomic E-state index is -0.0383. The fourth-order valence-electron chi connectivity index (χ4n) is 4.95. The van der Waals surface area contributed by atoms with Crippen LogP contribution in [-0.2, 0) is 9.59 Å². The van der Waals surface area contributed by atoms with E-state index in [0.717, 1.165) is 42.5 Å². The van der Waals surface area contributed by atoms with Gasteiger partial charge in [0.15, 0.2) is 0 Å². The second-order valence-electron chi connectivity index (χ2n) is 7.78. The zero-order valence-electron chi connectivity index (χ0n) is 14.9. The van der Waals surface area contributed by atoms with Crippen molar-refractivity contribution in [3.05, 3.63) is 41.5 Å². The third-order valence-corrected chi connectivity index (χ3v) is 6.20. The van der Waals surface area contributed by atoms with Crippen LogP contribution in [0.2, 0.25) is 0 Å². The highest BCUT2D eigenvalue weighted by molar-refractivity contribution is 6.33. The Morgan fingerprint density at radius 1 is 0.640 bits per heavy atom. The number of anilines is 1. The van der Waals surface area contributed by atoms with E-state index in [2.05, 4.69) is 0 Å². The average Bonchev–Trinajstić information content (AvgIpc) is 2.94. The normalized spacial score (nSPS) is 23.6. The van der Waals surface area contributed by atoms with Crippen LogP contribution in [0.15, 0.2) is 41.5 Å². The molecule has 1 aromatic rings. The molecule has 0 aromatic heterocycles. The smallest absolute Gasteiger partial charge is 0.262 e. The standard InChI is InChI=1S/C22H27NO2/c24-21-19(16-10-4-1-5-11-16)20(17-12-6-2-7-13-17)22(25)23(21)18-14-8-3-9-15-18/h3,8-9,14-17H,1-2,4-7,10-13H2. The summed E-state index contributed by atoms with van der Waals surface area (Å²) in [5, 5.41) is 0. The quantitative estimate of drug-likeness (QED) is 0.727. The third kappa shape index (κ3) is 3.05. The van der Waals surface area contributed by atoms with Crippen LogP contribution in [0, 0.1) is 11.8 Å². The number of para-hydroxylation sites is 1. The summed E-state index contributed by atoms with van der Waals surface area (Å²) in [5.74, 6) is 0.499. The number of carbonyl (C=O) groups excluding carboxylic acids is 2. The number of imide groups is 1. The van der Waals surface area contributed by atoms with Gasteiger partial charge in [-0.1, -0.05) is 56.7 Å². The highest BCUT2D eigenvalue weighted by Crippen LogP contribution is 2.43. The van der Waals surface area contributed by atoms with E-state index in [1.165, 1.54) is 43.4 Å². The van der Waals surface area contributed by atoms with Gasteiger partial charge in [0.25, 0.3) is 11.8 Å². The molecule has 0 spiro atoms. The molecule has 132 valence electrons. The third-order valence-electron chi connectivity index (χ3n) is 6.20. The van der Waals surface area contributed by atoms with Crippen molar-refractivity contribution in [2.45, 2.75) is 64.2 Å². The van der Waals surface area contributed by atoms with Crippen LogP contribution in [0.3, 0.4) is 0 Å². The maximum absolute atomic E-state index is 13.3. The molecule has 3 aliphatic rings. The lowest BCUT2D eigenvalue weighted by Crippen LogP contribution is -2.33. The monoisotopic (exact) mass is 337 g/mol. The lowest BCUT2D eigenvalue weighted by Gasteiger charge is -2.26. The van der Waals surface area contributed by atoms with Crippen molar-refractivity contribution in [2.75, 3.05) is 4.90 Å². The molecule has 1 heterocycles. The van der Waals surface area contributed by atoms with Gasteiger partial charge in [0.1, 0.15) is 0 Å². The molecule has 4 rings (SSSR count).